The quantitative estimate of drug-likeness (QED) is 0.487. The summed E-state index contributed by atoms with van der Waals surface area (Å²) in [5, 5.41) is 10.9. The fraction of sp³-hybridized carbons (Fsp3) is 0.571. The molecule has 0 amide bonds. The van der Waals surface area contributed by atoms with Crippen molar-refractivity contribution in [1.29, 1.82) is 0 Å². The Morgan fingerprint density at radius 1 is 1.37 bits per heavy atom. The SMILES string of the molecule is CC(C)CC(C)N(C)Cc1ccc(N)c([N+](=O)[O-])c1. The molecule has 0 saturated carbocycles. The fourth-order valence-electron chi connectivity index (χ4n) is 2.15. The van der Waals surface area contributed by atoms with Gasteiger partial charge in [0.15, 0.2) is 0 Å². The second-order valence-corrected chi connectivity index (χ2v) is 5.54. The number of hydrogen-bond acceptors (Lipinski definition) is 4. The van der Waals surface area contributed by atoms with E-state index in [1.54, 1.807) is 12.1 Å². The summed E-state index contributed by atoms with van der Waals surface area (Å²) in [5.41, 5.74) is 6.71. The van der Waals surface area contributed by atoms with E-state index in [1.807, 2.05) is 13.1 Å². The first-order valence-corrected chi connectivity index (χ1v) is 6.54. The van der Waals surface area contributed by atoms with Gasteiger partial charge >= 0.3 is 0 Å². The molecule has 1 atom stereocenters. The van der Waals surface area contributed by atoms with Crippen molar-refractivity contribution in [2.45, 2.75) is 39.8 Å². The number of anilines is 1. The van der Waals surface area contributed by atoms with Crippen LogP contribution in [0.4, 0.5) is 11.4 Å². The second kappa shape index (κ2) is 6.52. The Morgan fingerprint density at radius 3 is 2.53 bits per heavy atom. The van der Waals surface area contributed by atoms with Crippen molar-refractivity contribution < 1.29 is 4.92 Å². The van der Waals surface area contributed by atoms with Gasteiger partial charge in [0.1, 0.15) is 5.69 Å². The number of nitro groups is 1. The highest BCUT2D eigenvalue weighted by molar-refractivity contribution is 5.59. The van der Waals surface area contributed by atoms with E-state index in [0.717, 1.165) is 12.0 Å². The molecule has 0 fully saturated rings. The van der Waals surface area contributed by atoms with Crippen LogP contribution in [0.3, 0.4) is 0 Å². The number of nitrogens with two attached hydrogens (primary N) is 1. The van der Waals surface area contributed by atoms with Gasteiger partial charge in [-0.05, 0) is 37.9 Å². The average molecular weight is 265 g/mol. The molecule has 1 unspecified atom stereocenters. The van der Waals surface area contributed by atoms with E-state index in [0.29, 0.717) is 18.5 Å². The van der Waals surface area contributed by atoms with Gasteiger partial charge in [-0.25, -0.2) is 0 Å². The minimum atomic E-state index is -0.434. The standard InChI is InChI=1S/C14H23N3O2/c1-10(2)7-11(3)16(4)9-12-5-6-13(15)14(8-12)17(18)19/h5-6,8,10-11H,7,9,15H2,1-4H3. The number of nitrogens with zero attached hydrogens (tertiary/aromatic N) is 2. The van der Waals surface area contributed by atoms with E-state index in [1.165, 1.54) is 0 Å². The molecule has 0 saturated heterocycles. The Labute approximate surface area is 114 Å². The summed E-state index contributed by atoms with van der Waals surface area (Å²) in [5.74, 6) is 0.637. The van der Waals surface area contributed by atoms with Crippen LogP contribution in [0.1, 0.15) is 32.8 Å². The van der Waals surface area contributed by atoms with Gasteiger partial charge in [-0.15, -0.1) is 0 Å². The van der Waals surface area contributed by atoms with Crippen LogP contribution in [0.25, 0.3) is 0 Å². The smallest absolute Gasteiger partial charge is 0.292 e. The lowest BCUT2D eigenvalue weighted by molar-refractivity contribution is -0.384. The maximum atomic E-state index is 10.9. The summed E-state index contributed by atoms with van der Waals surface area (Å²) < 4.78 is 0. The Hall–Kier alpha value is -1.62. The molecule has 0 aliphatic heterocycles. The molecule has 106 valence electrons. The lowest BCUT2D eigenvalue weighted by Crippen LogP contribution is -2.29. The van der Waals surface area contributed by atoms with Crippen molar-refractivity contribution >= 4 is 11.4 Å². The molecule has 0 radical (unpaired) electrons. The molecule has 1 aromatic carbocycles. The van der Waals surface area contributed by atoms with Crippen LogP contribution < -0.4 is 5.73 Å². The highest BCUT2D eigenvalue weighted by Crippen LogP contribution is 2.23. The molecule has 2 N–H and O–H groups in total. The van der Waals surface area contributed by atoms with Gasteiger partial charge in [0.05, 0.1) is 4.92 Å². The maximum Gasteiger partial charge on any atom is 0.292 e. The average Bonchev–Trinajstić information content (AvgIpc) is 2.30. The fourth-order valence-corrected chi connectivity index (χ4v) is 2.15. The highest BCUT2D eigenvalue weighted by atomic mass is 16.6. The summed E-state index contributed by atoms with van der Waals surface area (Å²) in [4.78, 5) is 12.6. The number of nitro benzene ring substituents is 1. The Morgan fingerprint density at radius 2 is 2.00 bits per heavy atom. The Kier molecular flexibility index (Phi) is 5.30. The summed E-state index contributed by atoms with van der Waals surface area (Å²) in [6, 6.07) is 5.46. The zero-order chi connectivity index (χ0) is 14.6. The van der Waals surface area contributed by atoms with Crippen LogP contribution >= 0.6 is 0 Å². The van der Waals surface area contributed by atoms with Crippen molar-refractivity contribution in [1.82, 2.24) is 4.90 Å². The summed E-state index contributed by atoms with van der Waals surface area (Å²) in [7, 11) is 2.04. The zero-order valence-electron chi connectivity index (χ0n) is 12.1. The van der Waals surface area contributed by atoms with Gasteiger partial charge in [-0.2, -0.15) is 0 Å². The summed E-state index contributed by atoms with van der Waals surface area (Å²) in [6.07, 6.45) is 1.10. The highest BCUT2D eigenvalue weighted by Gasteiger charge is 2.15. The monoisotopic (exact) mass is 265 g/mol. The molecule has 5 nitrogen and oxygen atoms in total. The van der Waals surface area contributed by atoms with Crippen LogP contribution in [-0.4, -0.2) is 22.9 Å². The first-order valence-electron chi connectivity index (χ1n) is 6.54. The van der Waals surface area contributed by atoms with Crippen LogP contribution in [0.2, 0.25) is 0 Å². The largest absolute Gasteiger partial charge is 0.393 e. The van der Waals surface area contributed by atoms with Crippen LogP contribution in [0, 0.1) is 16.0 Å². The molecule has 0 spiro atoms. The van der Waals surface area contributed by atoms with E-state index in [2.05, 4.69) is 25.7 Å². The van der Waals surface area contributed by atoms with E-state index in [4.69, 9.17) is 5.73 Å². The third-order valence-electron chi connectivity index (χ3n) is 3.29. The van der Waals surface area contributed by atoms with Gasteiger partial charge < -0.3 is 5.73 Å². The minimum absolute atomic E-state index is 0.0117. The topological polar surface area (TPSA) is 72.4 Å². The van der Waals surface area contributed by atoms with Gasteiger partial charge in [-0.1, -0.05) is 19.9 Å². The van der Waals surface area contributed by atoms with Gasteiger partial charge in [0.25, 0.3) is 5.69 Å². The van der Waals surface area contributed by atoms with Crippen molar-refractivity contribution in [2.75, 3.05) is 12.8 Å². The van der Waals surface area contributed by atoms with E-state index >= 15 is 0 Å². The Bertz CT molecular complexity index is 446. The molecule has 0 aliphatic carbocycles. The molecular weight excluding hydrogens is 242 g/mol. The third kappa shape index (κ3) is 4.52. The van der Waals surface area contributed by atoms with Crippen molar-refractivity contribution in [3.63, 3.8) is 0 Å². The van der Waals surface area contributed by atoms with Crippen molar-refractivity contribution in [3.8, 4) is 0 Å². The number of nitrogen functional groups attached to an aromatic ring is 1. The van der Waals surface area contributed by atoms with Gasteiger partial charge in [0.2, 0.25) is 0 Å². The lowest BCUT2D eigenvalue weighted by Gasteiger charge is -2.26. The van der Waals surface area contributed by atoms with E-state index in [-0.39, 0.29) is 11.4 Å². The predicted octanol–water partition coefficient (Wildman–Crippen LogP) is 3.04. The van der Waals surface area contributed by atoms with E-state index < -0.39 is 4.92 Å². The van der Waals surface area contributed by atoms with Gasteiger partial charge in [-0.3, -0.25) is 15.0 Å². The first kappa shape index (κ1) is 15.4. The molecular formula is C14H23N3O2. The molecule has 0 aromatic heterocycles. The molecule has 0 bridgehead atoms. The number of rotatable bonds is 6. The lowest BCUT2D eigenvalue weighted by atomic mass is 10.0. The second-order valence-electron chi connectivity index (χ2n) is 5.54. The van der Waals surface area contributed by atoms with Crippen LogP contribution in [0.15, 0.2) is 18.2 Å². The molecule has 1 rings (SSSR count). The van der Waals surface area contributed by atoms with Crippen molar-refractivity contribution in [2.24, 2.45) is 5.92 Å². The summed E-state index contributed by atoms with van der Waals surface area (Å²) >= 11 is 0. The van der Waals surface area contributed by atoms with Gasteiger partial charge in [0, 0.05) is 18.7 Å². The van der Waals surface area contributed by atoms with Crippen molar-refractivity contribution in [3.05, 3.63) is 33.9 Å². The van der Waals surface area contributed by atoms with E-state index in [9.17, 15) is 10.1 Å². The maximum absolute atomic E-state index is 10.9. The van der Waals surface area contributed by atoms with Crippen LogP contribution in [0.5, 0.6) is 0 Å². The molecule has 0 aliphatic rings. The molecule has 5 heteroatoms. The third-order valence-corrected chi connectivity index (χ3v) is 3.29. The van der Waals surface area contributed by atoms with Crippen LogP contribution in [-0.2, 0) is 6.54 Å². The predicted molar refractivity (Wildman–Crippen MR) is 77.9 cm³/mol. The molecule has 19 heavy (non-hydrogen) atoms. The number of benzene rings is 1. The normalized spacial score (nSPS) is 12.9. The Balaban J connectivity index is 2.77. The summed E-state index contributed by atoms with van der Waals surface area (Å²) in [6.45, 7) is 7.25. The number of hydrogen-bond donors (Lipinski definition) is 1. The zero-order valence-corrected chi connectivity index (χ0v) is 12.1. The molecule has 1 aromatic rings. The first-order chi connectivity index (χ1) is 8.81. The minimum Gasteiger partial charge on any atom is -0.393 e. The molecule has 0 heterocycles.